The lowest BCUT2D eigenvalue weighted by atomic mass is 10.2. The van der Waals surface area contributed by atoms with Crippen molar-refractivity contribution < 1.29 is 14.3 Å². The number of ether oxygens (including phenoxy) is 1. The smallest absolute Gasteiger partial charge is 0.323 e. The molecule has 0 heterocycles. The first-order valence-corrected chi connectivity index (χ1v) is 4.59. The van der Waals surface area contributed by atoms with Crippen LogP contribution in [0.15, 0.2) is 24.3 Å². The van der Waals surface area contributed by atoms with E-state index in [9.17, 15) is 9.59 Å². The highest BCUT2D eigenvalue weighted by Gasteiger charge is 2.11. The molecule has 1 aromatic rings. The van der Waals surface area contributed by atoms with Gasteiger partial charge < -0.3 is 10.1 Å². The van der Waals surface area contributed by atoms with Crippen molar-refractivity contribution in [2.45, 2.75) is 6.54 Å². The zero-order valence-corrected chi connectivity index (χ0v) is 8.82. The summed E-state index contributed by atoms with van der Waals surface area (Å²) in [7, 11) is 1.53. The van der Waals surface area contributed by atoms with Crippen LogP contribution in [0.3, 0.4) is 0 Å². The number of benzene rings is 1. The van der Waals surface area contributed by atoms with Gasteiger partial charge >= 0.3 is 11.8 Å². The van der Waals surface area contributed by atoms with Crippen molar-refractivity contribution in [3.8, 4) is 5.75 Å². The molecule has 16 heavy (non-hydrogen) atoms. The molecule has 4 N–H and O–H groups in total. The van der Waals surface area contributed by atoms with Gasteiger partial charge in [0.25, 0.3) is 0 Å². The quantitative estimate of drug-likeness (QED) is 0.273. The number of hydrogen-bond acceptors (Lipinski definition) is 4. The summed E-state index contributed by atoms with van der Waals surface area (Å²) in [5.74, 6) is 3.80. The molecule has 2 amide bonds. The average Bonchev–Trinajstić information content (AvgIpc) is 2.35. The fraction of sp³-hybridized carbons (Fsp3) is 0.200. The molecule has 6 nitrogen and oxygen atoms in total. The summed E-state index contributed by atoms with van der Waals surface area (Å²) in [4.78, 5) is 21.9. The number of nitrogens with two attached hydrogens (primary N) is 1. The van der Waals surface area contributed by atoms with E-state index >= 15 is 0 Å². The minimum atomic E-state index is -0.880. The van der Waals surface area contributed by atoms with Crippen molar-refractivity contribution in [2.75, 3.05) is 7.11 Å². The van der Waals surface area contributed by atoms with E-state index in [1.54, 1.807) is 17.6 Å². The third kappa shape index (κ3) is 2.96. The number of rotatable bonds is 3. The maximum atomic E-state index is 11.1. The molecular formula is C10H13N3O3. The Morgan fingerprint density at radius 3 is 2.62 bits per heavy atom. The minimum absolute atomic E-state index is 0.205. The minimum Gasteiger partial charge on any atom is -0.496 e. The third-order valence-corrected chi connectivity index (χ3v) is 1.97. The number of hydrogen-bond donors (Lipinski definition) is 3. The van der Waals surface area contributed by atoms with Gasteiger partial charge in [-0.2, -0.15) is 0 Å². The highest BCUT2D eigenvalue weighted by Crippen LogP contribution is 2.16. The number of para-hydroxylation sites is 1. The molecule has 6 heteroatoms. The number of hydrazine groups is 1. The third-order valence-electron chi connectivity index (χ3n) is 1.97. The zero-order chi connectivity index (χ0) is 12.0. The highest BCUT2D eigenvalue weighted by molar-refractivity contribution is 6.34. The Kier molecular flexibility index (Phi) is 4.28. The summed E-state index contributed by atoms with van der Waals surface area (Å²) < 4.78 is 5.09. The van der Waals surface area contributed by atoms with Gasteiger partial charge in [0.15, 0.2) is 0 Å². The fourth-order valence-corrected chi connectivity index (χ4v) is 1.17. The number of nitrogens with one attached hydrogen (secondary N) is 2. The van der Waals surface area contributed by atoms with Crippen molar-refractivity contribution >= 4 is 11.8 Å². The van der Waals surface area contributed by atoms with Crippen LogP contribution in [0.4, 0.5) is 0 Å². The molecule has 0 aliphatic rings. The van der Waals surface area contributed by atoms with Crippen LogP contribution in [0.1, 0.15) is 5.56 Å². The van der Waals surface area contributed by atoms with E-state index in [2.05, 4.69) is 5.32 Å². The van der Waals surface area contributed by atoms with Crippen molar-refractivity contribution in [1.29, 1.82) is 0 Å². The van der Waals surface area contributed by atoms with E-state index in [4.69, 9.17) is 10.6 Å². The molecule has 0 unspecified atom stereocenters. The topological polar surface area (TPSA) is 93.4 Å². The molecule has 0 fully saturated rings. The Hall–Kier alpha value is -2.08. The van der Waals surface area contributed by atoms with Gasteiger partial charge in [0.2, 0.25) is 0 Å². The zero-order valence-electron chi connectivity index (χ0n) is 8.82. The van der Waals surface area contributed by atoms with E-state index in [0.717, 1.165) is 5.56 Å². The van der Waals surface area contributed by atoms with Crippen LogP contribution in [0.25, 0.3) is 0 Å². The molecule has 0 atom stereocenters. The van der Waals surface area contributed by atoms with Crippen molar-refractivity contribution in [1.82, 2.24) is 10.7 Å². The molecule has 1 aromatic carbocycles. The Bertz CT molecular complexity index is 393. The Labute approximate surface area is 92.7 Å². The normalized spacial score (nSPS) is 9.38. The second-order valence-corrected chi connectivity index (χ2v) is 2.97. The summed E-state index contributed by atoms with van der Waals surface area (Å²) in [5, 5.41) is 2.41. The van der Waals surface area contributed by atoms with E-state index in [1.807, 2.05) is 12.1 Å². The van der Waals surface area contributed by atoms with Crippen LogP contribution < -0.4 is 21.3 Å². The number of carbonyl (C=O) groups excluding carboxylic acids is 2. The molecular weight excluding hydrogens is 210 g/mol. The monoisotopic (exact) mass is 223 g/mol. The van der Waals surface area contributed by atoms with Gasteiger partial charge in [-0.15, -0.1) is 0 Å². The Morgan fingerprint density at radius 1 is 1.31 bits per heavy atom. The van der Waals surface area contributed by atoms with Gasteiger partial charge in [0.05, 0.1) is 7.11 Å². The predicted molar refractivity (Wildman–Crippen MR) is 57.2 cm³/mol. The molecule has 0 spiro atoms. The van der Waals surface area contributed by atoms with E-state index in [1.165, 1.54) is 7.11 Å². The molecule has 0 saturated heterocycles. The lowest BCUT2D eigenvalue weighted by Crippen LogP contribution is -2.42. The second kappa shape index (κ2) is 5.72. The first-order chi connectivity index (χ1) is 7.69. The van der Waals surface area contributed by atoms with Gasteiger partial charge in [-0.25, -0.2) is 5.84 Å². The van der Waals surface area contributed by atoms with E-state index < -0.39 is 11.8 Å². The van der Waals surface area contributed by atoms with Gasteiger partial charge in [0, 0.05) is 12.1 Å². The summed E-state index contributed by atoms with van der Waals surface area (Å²) >= 11 is 0. The number of carbonyl (C=O) groups is 2. The van der Waals surface area contributed by atoms with Gasteiger partial charge in [0.1, 0.15) is 5.75 Å². The van der Waals surface area contributed by atoms with Crippen LogP contribution in [0.5, 0.6) is 5.75 Å². The first kappa shape index (κ1) is 12.0. The van der Waals surface area contributed by atoms with Crippen LogP contribution in [-0.2, 0) is 16.1 Å². The second-order valence-electron chi connectivity index (χ2n) is 2.97. The van der Waals surface area contributed by atoms with E-state index in [-0.39, 0.29) is 6.54 Å². The molecule has 86 valence electrons. The first-order valence-electron chi connectivity index (χ1n) is 4.59. The lowest BCUT2D eigenvalue weighted by molar-refractivity contribution is -0.139. The van der Waals surface area contributed by atoms with Crippen LogP contribution >= 0.6 is 0 Å². The molecule has 0 bridgehead atoms. The predicted octanol–water partition coefficient (Wildman–Crippen LogP) is -0.699. The average molecular weight is 223 g/mol. The summed E-state index contributed by atoms with van der Waals surface area (Å²) in [6, 6.07) is 7.19. The van der Waals surface area contributed by atoms with Crippen molar-refractivity contribution in [2.24, 2.45) is 5.84 Å². The Balaban J connectivity index is 2.61. The van der Waals surface area contributed by atoms with Crippen LogP contribution in [0.2, 0.25) is 0 Å². The fourth-order valence-electron chi connectivity index (χ4n) is 1.17. The molecule has 0 aromatic heterocycles. The van der Waals surface area contributed by atoms with Gasteiger partial charge in [-0.05, 0) is 6.07 Å². The maximum Gasteiger partial charge on any atom is 0.323 e. The van der Waals surface area contributed by atoms with Crippen molar-refractivity contribution in [3.63, 3.8) is 0 Å². The lowest BCUT2D eigenvalue weighted by Gasteiger charge is -2.08. The van der Waals surface area contributed by atoms with Crippen LogP contribution in [-0.4, -0.2) is 18.9 Å². The molecule has 0 radical (unpaired) electrons. The van der Waals surface area contributed by atoms with Crippen LogP contribution in [0, 0.1) is 0 Å². The molecule has 0 aliphatic heterocycles. The van der Waals surface area contributed by atoms with Gasteiger partial charge in [-0.1, -0.05) is 18.2 Å². The van der Waals surface area contributed by atoms with Gasteiger partial charge in [-0.3, -0.25) is 15.0 Å². The SMILES string of the molecule is COc1ccccc1CNC(=O)C(=O)NN. The summed E-state index contributed by atoms with van der Waals surface area (Å²) in [6.45, 7) is 0.205. The molecule has 0 saturated carbocycles. The summed E-state index contributed by atoms with van der Waals surface area (Å²) in [6.07, 6.45) is 0. The Morgan fingerprint density at radius 2 is 2.00 bits per heavy atom. The number of methoxy groups -OCH3 is 1. The molecule has 0 aliphatic carbocycles. The molecule has 1 rings (SSSR count). The van der Waals surface area contributed by atoms with E-state index in [0.29, 0.717) is 5.75 Å². The number of amides is 2. The largest absolute Gasteiger partial charge is 0.496 e. The van der Waals surface area contributed by atoms with Crippen molar-refractivity contribution in [3.05, 3.63) is 29.8 Å². The summed E-state index contributed by atoms with van der Waals surface area (Å²) in [5.41, 5.74) is 2.53. The maximum absolute atomic E-state index is 11.1. The standard InChI is InChI=1S/C10H13N3O3/c1-16-8-5-3-2-4-7(8)6-12-9(14)10(15)13-11/h2-5H,6,11H2,1H3,(H,12,14)(H,13,15). The highest BCUT2D eigenvalue weighted by atomic mass is 16.5.